The van der Waals surface area contributed by atoms with Crippen LogP contribution in [0.2, 0.25) is 0 Å². The normalized spacial score (nSPS) is 17.2. The van der Waals surface area contributed by atoms with Gasteiger partial charge < -0.3 is 5.32 Å². The molecule has 1 aliphatic rings. The second-order valence-corrected chi connectivity index (χ2v) is 5.34. The number of rotatable bonds is 3. The van der Waals surface area contributed by atoms with Crippen molar-refractivity contribution in [1.29, 1.82) is 0 Å². The van der Waals surface area contributed by atoms with E-state index >= 15 is 0 Å². The molecule has 1 heterocycles. The molecule has 0 aromatic heterocycles. The van der Waals surface area contributed by atoms with Gasteiger partial charge in [-0.1, -0.05) is 12.1 Å². The Morgan fingerprint density at radius 1 is 1.53 bits per heavy atom. The van der Waals surface area contributed by atoms with E-state index in [0.717, 1.165) is 5.75 Å². The number of benzene rings is 1. The average molecular weight is 239 g/mol. The summed E-state index contributed by atoms with van der Waals surface area (Å²) in [5, 5.41) is 3.29. The zero-order valence-electron chi connectivity index (χ0n) is 8.99. The Kier molecular flexibility index (Phi) is 4.00. The molecule has 0 spiro atoms. The van der Waals surface area contributed by atoms with E-state index in [1.807, 2.05) is 18.8 Å². The smallest absolute Gasteiger partial charge is 0.0407 e. The van der Waals surface area contributed by atoms with E-state index in [2.05, 4.69) is 36.1 Å². The molecule has 1 aromatic carbocycles. The average Bonchev–Trinajstić information content (AvgIpc) is 2.30. The van der Waals surface area contributed by atoms with Crippen LogP contribution in [0.25, 0.3) is 0 Å². The summed E-state index contributed by atoms with van der Waals surface area (Å²) in [5.41, 5.74) is 2.89. The number of fused-ring (bicyclic) bond motifs is 1. The van der Waals surface area contributed by atoms with Crippen LogP contribution < -0.4 is 5.32 Å². The van der Waals surface area contributed by atoms with Crippen LogP contribution in [-0.2, 0) is 6.42 Å². The first-order valence-electron chi connectivity index (χ1n) is 5.39. The van der Waals surface area contributed by atoms with Crippen LogP contribution in [-0.4, -0.2) is 18.6 Å². The number of hydrogen-bond acceptors (Lipinski definition) is 3. The first kappa shape index (κ1) is 11.4. The molecular weight excluding hydrogens is 222 g/mol. The molecule has 0 saturated heterocycles. The lowest BCUT2D eigenvalue weighted by Gasteiger charge is -2.19. The van der Waals surface area contributed by atoms with Crippen molar-refractivity contribution in [1.82, 2.24) is 5.32 Å². The van der Waals surface area contributed by atoms with Crippen molar-refractivity contribution >= 4 is 24.4 Å². The molecule has 2 rings (SSSR count). The van der Waals surface area contributed by atoms with Gasteiger partial charge in [0, 0.05) is 16.7 Å². The Labute approximate surface area is 101 Å². The Balaban J connectivity index is 2.27. The lowest BCUT2D eigenvalue weighted by atomic mass is 10.0. The summed E-state index contributed by atoms with van der Waals surface area (Å²) >= 11 is 6.35. The second kappa shape index (κ2) is 5.28. The van der Waals surface area contributed by atoms with E-state index in [-0.39, 0.29) is 0 Å². The third-order valence-corrected chi connectivity index (χ3v) is 4.43. The van der Waals surface area contributed by atoms with E-state index in [1.54, 1.807) is 0 Å². The van der Waals surface area contributed by atoms with Gasteiger partial charge in [-0.15, -0.1) is 11.8 Å². The van der Waals surface area contributed by atoms with E-state index < -0.39 is 0 Å². The maximum absolute atomic E-state index is 4.37. The quantitative estimate of drug-likeness (QED) is 0.787. The van der Waals surface area contributed by atoms with Crippen LogP contribution in [0.1, 0.15) is 23.6 Å². The number of thiol groups is 1. The molecule has 1 aliphatic heterocycles. The highest BCUT2D eigenvalue weighted by atomic mass is 32.2. The first-order chi connectivity index (χ1) is 7.35. The minimum absolute atomic E-state index is 0.380. The van der Waals surface area contributed by atoms with Gasteiger partial charge in [-0.25, -0.2) is 0 Å². The Bertz CT molecular complexity index is 334. The molecule has 0 amide bonds. The molecule has 1 atom stereocenters. The molecule has 1 aromatic rings. The largest absolute Gasteiger partial charge is 0.312 e. The van der Waals surface area contributed by atoms with Gasteiger partial charge in [-0.05, 0) is 42.8 Å². The summed E-state index contributed by atoms with van der Waals surface area (Å²) in [4.78, 5) is 1.47. The van der Waals surface area contributed by atoms with Crippen molar-refractivity contribution in [3.63, 3.8) is 0 Å². The van der Waals surface area contributed by atoms with Crippen molar-refractivity contribution in [3.05, 3.63) is 29.3 Å². The molecule has 1 nitrogen and oxygen atoms in total. The zero-order chi connectivity index (χ0) is 10.7. The fraction of sp³-hybridized carbons (Fsp3) is 0.500. The van der Waals surface area contributed by atoms with Crippen LogP contribution in [0.4, 0.5) is 0 Å². The highest BCUT2D eigenvalue weighted by Gasteiger charge is 2.13. The number of nitrogens with one attached hydrogen (secondary N) is 1. The monoisotopic (exact) mass is 239 g/mol. The Morgan fingerprint density at radius 3 is 3.13 bits per heavy atom. The third-order valence-electron chi connectivity index (χ3n) is 2.87. The Hall–Kier alpha value is -0.120. The number of thioether (sulfide) groups is 1. The van der Waals surface area contributed by atoms with Crippen molar-refractivity contribution in [3.8, 4) is 0 Å². The third kappa shape index (κ3) is 2.52. The lowest BCUT2D eigenvalue weighted by Crippen LogP contribution is -2.18. The van der Waals surface area contributed by atoms with Crippen molar-refractivity contribution in [2.45, 2.75) is 23.8 Å². The van der Waals surface area contributed by atoms with Gasteiger partial charge >= 0.3 is 0 Å². The molecule has 1 unspecified atom stereocenters. The number of hydrogen-bond donors (Lipinski definition) is 2. The molecule has 0 radical (unpaired) electrons. The van der Waals surface area contributed by atoms with Gasteiger partial charge in [0.1, 0.15) is 0 Å². The van der Waals surface area contributed by atoms with Gasteiger partial charge in [0.05, 0.1) is 0 Å². The maximum Gasteiger partial charge on any atom is 0.0407 e. The molecule has 1 N–H and O–H groups in total. The minimum Gasteiger partial charge on any atom is -0.312 e. The van der Waals surface area contributed by atoms with Gasteiger partial charge in [0.15, 0.2) is 0 Å². The van der Waals surface area contributed by atoms with Gasteiger partial charge in [-0.2, -0.15) is 12.6 Å². The predicted octanol–water partition coefficient (Wildman–Crippen LogP) is 2.92. The van der Waals surface area contributed by atoms with Crippen molar-refractivity contribution in [2.24, 2.45) is 0 Å². The SMILES string of the molecule is CNC(CS)c1ccc2c(c1)CCCS2. The topological polar surface area (TPSA) is 12.0 Å². The predicted molar refractivity (Wildman–Crippen MR) is 71.1 cm³/mol. The lowest BCUT2D eigenvalue weighted by molar-refractivity contribution is 0.660. The summed E-state index contributed by atoms with van der Waals surface area (Å²) < 4.78 is 0. The van der Waals surface area contributed by atoms with Crippen LogP contribution in [0.3, 0.4) is 0 Å². The molecule has 0 fully saturated rings. The standard InChI is InChI=1S/C12H17NS2/c1-13-11(8-14)9-4-5-12-10(7-9)3-2-6-15-12/h4-5,7,11,13-14H,2-3,6,8H2,1H3. The van der Waals surface area contributed by atoms with Crippen LogP contribution in [0.15, 0.2) is 23.1 Å². The summed E-state index contributed by atoms with van der Waals surface area (Å²) in [7, 11) is 2.00. The zero-order valence-corrected chi connectivity index (χ0v) is 10.7. The Morgan fingerprint density at radius 2 is 2.40 bits per heavy atom. The van der Waals surface area contributed by atoms with Gasteiger partial charge in [0.2, 0.25) is 0 Å². The van der Waals surface area contributed by atoms with Gasteiger partial charge in [0.25, 0.3) is 0 Å². The van der Waals surface area contributed by atoms with E-state index in [9.17, 15) is 0 Å². The van der Waals surface area contributed by atoms with Crippen LogP contribution in [0.5, 0.6) is 0 Å². The maximum atomic E-state index is 4.37. The van der Waals surface area contributed by atoms with Gasteiger partial charge in [-0.3, -0.25) is 0 Å². The molecule has 15 heavy (non-hydrogen) atoms. The van der Waals surface area contributed by atoms with Crippen molar-refractivity contribution < 1.29 is 0 Å². The highest BCUT2D eigenvalue weighted by Crippen LogP contribution is 2.31. The van der Waals surface area contributed by atoms with E-state index in [0.29, 0.717) is 6.04 Å². The molecule has 0 aliphatic carbocycles. The van der Waals surface area contributed by atoms with Crippen molar-refractivity contribution in [2.75, 3.05) is 18.6 Å². The molecule has 82 valence electrons. The summed E-state index contributed by atoms with van der Waals surface area (Å²) in [6, 6.07) is 7.22. The summed E-state index contributed by atoms with van der Waals surface area (Å²) in [5.74, 6) is 2.12. The van der Waals surface area contributed by atoms with E-state index in [1.165, 1.54) is 34.6 Å². The highest BCUT2D eigenvalue weighted by molar-refractivity contribution is 7.99. The summed E-state index contributed by atoms with van der Waals surface area (Å²) in [6.45, 7) is 0. The van der Waals surface area contributed by atoms with Crippen LogP contribution >= 0.6 is 24.4 Å². The fourth-order valence-electron chi connectivity index (χ4n) is 1.96. The first-order valence-corrected chi connectivity index (χ1v) is 7.00. The van der Waals surface area contributed by atoms with E-state index in [4.69, 9.17) is 0 Å². The minimum atomic E-state index is 0.380. The van der Waals surface area contributed by atoms with Crippen LogP contribution in [0, 0.1) is 0 Å². The fourth-order valence-corrected chi connectivity index (χ4v) is 3.37. The molecule has 0 saturated carbocycles. The number of aryl methyl sites for hydroxylation is 1. The second-order valence-electron chi connectivity index (χ2n) is 3.84. The molecule has 3 heteroatoms. The summed E-state index contributed by atoms with van der Waals surface area (Å²) in [6.07, 6.45) is 2.55. The molecule has 0 bridgehead atoms. The molecular formula is C12H17NS2.